The van der Waals surface area contributed by atoms with Gasteiger partial charge < -0.3 is 15.3 Å². The second kappa shape index (κ2) is 7.06. The second-order valence-electron chi connectivity index (χ2n) is 5.53. The first kappa shape index (κ1) is 15.3. The summed E-state index contributed by atoms with van der Waals surface area (Å²) in [4.78, 5) is 28.8. The lowest BCUT2D eigenvalue weighted by Gasteiger charge is -2.31. The third kappa shape index (κ3) is 4.44. The van der Waals surface area contributed by atoms with E-state index in [-0.39, 0.29) is 12.1 Å². The zero-order valence-corrected chi connectivity index (χ0v) is 12.2. The fourth-order valence-electron chi connectivity index (χ4n) is 2.59. The van der Waals surface area contributed by atoms with Crippen LogP contribution in [0.15, 0.2) is 24.5 Å². The molecular formula is C15H21N3O3. The van der Waals surface area contributed by atoms with Crippen LogP contribution in [-0.4, -0.2) is 46.1 Å². The van der Waals surface area contributed by atoms with Crippen molar-refractivity contribution in [1.82, 2.24) is 15.2 Å². The standard InChI is InChI=1S/C15H21N3O3/c1-11(9-12-4-6-16-7-5-12)17-15(21)18-8-2-3-13(10-18)14(19)20/h4-7,11,13H,2-3,8-10H2,1H3,(H,17,21)(H,19,20). The number of aromatic nitrogens is 1. The molecule has 1 aliphatic heterocycles. The minimum atomic E-state index is -0.822. The lowest BCUT2D eigenvalue weighted by atomic mass is 9.98. The summed E-state index contributed by atoms with van der Waals surface area (Å²) < 4.78 is 0. The Bertz CT molecular complexity index is 492. The number of hydrogen-bond donors (Lipinski definition) is 2. The van der Waals surface area contributed by atoms with Crippen molar-refractivity contribution in [1.29, 1.82) is 0 Å². The zero-order valence-electron chi connectivity index (χ0n) is 12.2. The van der Waals surface area contributed by atoms with E-state index in [1.807, 2.05) is 19.1 Å². The van der Waals surface area contributed by atoms with Gasteiger partial charge in [0.2, 0.25) is 0 Å². The molecule has 0 saturated carbocycles. The predicted octanol–water partition coefficient (Wildman–Crippen LogP) is 1.52. The molecule has 0 radical (unpaired) electrons. The second-order valence-corrected chi connectivity index (χ2v) is 5.53. The summed E-state index contributed by atoms with van der Waals surface area (Å²) in [7, 11) is 0. The first-order chi connectivity index (χ1) is 10.1. The summed E-state index contributed by atoms with van der Waals surface area (Å²) in [5, 5.41) is 12.0. The van der Waals surface area contributed by atoms with Gasteiger partial charge in [0, 0.05) is 31.5 Å². The van der Waals surface area contributed by atoms with E-state index >= 15 is 0 Å². The summed E-state index contributed by atoms with van der Waals surface area (Å²) in [6, 6.07) is 3.65. The van der Waals surface area contributed by atoms with E-state index in [1.165, 1.54) is 0 Å². The van der Waals surface area contributed by atoms with Crippen molar-refractivity contribution >= 4 is 12.0 Å². The third-order valence-electron chi connectivity index (χ3n) is 3.72. The molecule has 0 aliphatic carbocycles. The fourth-order valence-corrected chi connectivity index (χ4v) is 2.59. The Hall–Kier alpha value is -2.11. The quantitative estimate of drug-likeness (QED) is 0.881. The van der Waals surface area contributed by atoms with Crippen molar-refractivity contribution in [3.8, 4) is 0 Å². The molecule has 0 spiro atoms. The van der Waals surface area contributed by atoms with Gasteiger partial charge in [-0.05, 0) is 43.9 Å². The van der Waals surface area contributed by atoms with Crippen LogP contribution in [0.25, 0.3) is 0 Å². The molecule has 6 heteroatoms. The van der Waals surface area contributed by atoms with Crippen LogP contribution in [0.1, 0.15) is 25.3 Å². The Kier molecular flexibility index (Phi) is 5.14. The Morgan fingerprint density at radius 3 is 2.86 bits per heavy atom. The Balaban J connectivity index is 1.84. The molecule has 1 aromatic heterocycles. The topological polar surface area (TPSA) is 82.5 Å². The van der Waals surface area contributed by atoms with Gasteiger partial charge in [0.25, 0.3) is 0 Å². The van der Waals surface area contributed by atoms with Gasteiger partial charge in [-0.15, -0.1) is 0 Å². The van der Waals surface area contributed by atoms with Gasteiger partial charge in [-0.25, -0.2) is 4.79 Å². The number of likely N-dealkylation sites (tertiary alicyclic amines) is 1. The van der Waals surface area contributed by atoms with Gasteiger partial charge in [0.05, 0.1) is 5.92 Å². The van der Waals surface area contributed by atoms with E-state index < -0.39 is 11.9 Å². The van der Waals surface area contributed by atoms with Crippen molar-refractivity contribution in [2.24, 2.45) is 5.92 Å². The normalized spacial score (nSPS) is 19.9. The molecule has 21 heavy (non-hydrogen) atoms. The highest BCUT2D eigenvalue weighted by Gasteiger charge is 2.28. The molecule has 114 valence electrons. The molecule has 2 N–H and O–H groups in total. The van der Waals surface area contributed by atoms with Crippen LogP contribution in [0, 0.1) is 5.92 Å². The van der Waals surface area contributed by atoms with Crippen LogP contribution in [0.2, 0.25) is 0 Å². The van der Waals surface area contributed by atoms with E-state index in [0.29, 0.717) is 19.5 Å². The average Bonchev–Trinajstić information content (AvgIpc) is 2.48. The monoisotopic (exact) mass is 291 g/mol. The first-order valence-corrected chi connectivity index (χ1v) is 7.23. The predicted molar refractivity (Wildman–Crippen MR) is 77.9 cm³/mol. The molecule has 1 fully saturated rings. The van der Waals surface area contributed by atoms with E-state index in [4.69, 9.17) is 5.11 Å². The highest BCUT2D eigenvalue weighted by Crippen LogP contribution is 2.16. The largest absolute Gasteiger partial charge is 0.481 e. The van der Waals surface area contributed by atoms with Crippen LogP contribution < -0.4 is 5.32 Å². The first-order valence-electron chi connectivity index (χ1n) is 7.23. The SMILES string of the molecule is CC(Cc1ccncc1)NC(=O)N1CCCC(C(=O)O)C1. The maximum atomic E-state index is 12.2. The third-order valence-corrected chi connectivity index (χ3v) is 3.72. The number of carboxylic acid groups (broad SMARTS) is 1. The number of amides is 2. The van der Waals surface area contributed by atoms with Crippen LogP contribution in [-0.2, 0) is 11.2 Å². The molecule has 2 rings (SSSR count). The molecule has 0 aromatic carbocycles. The number of nitrogens with zero attached hydrogens (tertiary/aromatic N) is 2. The van der Waals surface area contributed by atoms with Crippen molar-refractivity contribution in [3.63, 3.8) is 0 Å². The highest BCUT2D eigenvalue weighted by atomic mass is 16.4. The highest BCUT2D eigenvalue weighted by molar-refractivity contribution is 5.76. The summed E-state index contributed by atoms with van der Waals surface area (Å²) >= 11 is 0. The van der Waals surface area contributed by atoms with E-state index in [1.54, 1.807) is 17.3 Å². The summed E-state index contributed by atoms with van der Waals surface area (Å²) in [6.45, 7) is 2.86. The molecule has 2 atom stereocenters. The van der Waals surface area contributed by atoms with Gasteiger partial charge in [0.1, 0.15) is 0 Å². The molecular weight excluding hydrogens is 270 g/mol. The van der Waals surface area contributed by atoms with Gasteiger partial charge in [0.15, 0.2) is 0 Å². The van der Waals surface area contributed by atoms with Crippen LogP contribution in [0.3, 0.4) is 0 Å². The van der Waals surface area contributed by atoms with Crippen molar-refractivity contribution in [3.05, 3.63) is 30.1 Å². The molecule has 1 aromatic rings. The number of rotatable bonds is 4. The number of hydrogen-bond acceptors (Lipinski definition) is 3. The van der Waals surface area contributed by atoms with Crippen LogP contribution in [0.4, 0.5) is 4.79 Å². The number of nitrogens with one attached hydrogen (secondary N) is 1. The number of urea groups is 1. The lowest BCUT2D eigenvalue weighted by Crippen LogP contribution is -2.49. The van der Waals surface area contributed by atoms with Gasteiger partial charge in [-0.2, -0.15) is 0 Å². The van der Waals surface area contributed by atoms with Crippen LogP contribution >= 0.6 is 0 Å². The lowest BCUT2D eigenvalue weighted by molar-refractivity contribution is -0.143. The number of carbonyl (C=O) groups is 2. The van der Waals surface area contributed by atoms with E-state index in [0.717, 1.165) is 18.4 Å². The van der Waals surface area contributed by atoms with Gasteiger partial charge >= 0.3 is 12.0 Å². The Morgan fingerprint density at radius 2 is 2.19 bits per heavy atom. The maximum Gasteiger partial charge on any atom is 0.317 e. The summed E-state index contributed by atoms with van der Waals surface area (Å²) in [5.74, 6) is -1.27. The number of carbonyl (C=O) groups excluding carboxylic acids is 1. The molecule has 2 unspecified atom stereocenters. The molecule has 0 bridgehead atoms. The van der Waals surface area contributed by atoms with Gasteiger partial charge in [-0.1, -0.05) is 0 Å². The number of pyridine rings is 1. The maximum absolute atomic E-state index is 12.2. The van der Waals surface area contributed by atoms with Crippen molar-refractivity contribution in [2.75, 3.05) is 13.1 Å². The minimum Gasteiger partial charge on any atom is -0.481 e. The molecule has 1 aliphatic rings. The molecule has 2 heterocycles. The molecule has 1 saturated heterocycles. The number of aliphatic carboxylic acids is 1. The summed E-state index contributed by atoms with van der Waals surface area (Å²) in [5.41, 5.74) is 1.11. The van der Waals surface area contributed by atoms with Crippen molar-refractivity contribution in [2.45, 2.75) is 32.2 Å². The van der Waals surface area contributed by atoms with E-state index in [2.05, 4.69) is 10.3 Å². The average molecular weight is 291 g/mol. The van der Waals surface area contributed by atoms with Gasteiger partial charge in [-0.3, -0.25) is 9.78 Å². The fraction of sp³-hybridized carbons (Fsp3) is 0.533. The Morgan fingerprint density at radius 1 is 1.48 bits per heavy atom. The summed E-state index contributed by atoms with van der Waals surface area (Å²) in [6.07, 6.45) is 5.57. The molecule has 2 amide bonds. The number of carboxylic acids is 1. The van der Waals surface area contributed by atoms with Crippen LogP contribution in [0.5, 0.6) is 0 Å². The smallest absolute Gasteiger partial charge is 0.317 e. The van der Waals surface area contributed by atoms with Crippen molar-refractivity contribution < 1.29 is 14.7 Å². The molecule has 6 nitrogen and oxygen atoms in total. The van der Waals surface area contributed by atoms with E-state index in [9.17, 15) is 9.59 Å². The minimum absolute atomic E-state index is 0.00916. The number of piperidine rings is 1. The zero-order chi connectivity index (χ0) is 15.2. The Labute approximate surface area is 124 Å².